The standard InChI is InChI=1S/C11H17N3O/c1-15-11-3-2-8(7-14-11)6-13-10-4-9(12)5-10/h2-3,7,9-10,13H,4-6,12H2,1H3. The molecule has 1 heterocycles. The quantitative estimate of drug-likeness (QED) is 0.762. The van der Waals surface area contributed by atoms with Crippen molar-refractivity contribution in [3.8, 4) is 5.88 Å². The van der Waals surface area contributed by atoms with Gasteiger partial charge in [-0.2, -0.15) is 0 Å². The second-order valence-electron chi connectivity index (χ2n) is 4.02. The minimum Gasteiger partial charge on any atom is -0.481 e. The number of nitrogens with one attached hydrogen (secondary N) is 1. The van der Waals surface area contributed by atoms with Gasteiger partial charge in [-0.3, -0.25) is 0 Å². The SMILES string of the molecule is COc1ccc(CNC2CC(N)C2)cn1. The predicted octanol–water partition coefficient (Wildman–Crippen LogP) is 0.669. The molecule has 2 rings (SSSR count). The van der Waals surface area contributed by atoms with E-state index >= 15 is 0 Å². The molecule has 1 aliphatic carbocycles. The van der Waals surface area contributed by atoms with E-state index in [1.807, 2.05) is 18.3 Å². The average Bonchev–Trinajstić information content (AvgIpc) is 2.23. The zero-order valence-corrected chi connectivity index (χ0v) is 8.94. The average molecular weight is 207 g/mol. The lowest BCUT2D eigenvalue weighted by atomic mass is 9.87. The van der Waals surface area contributed by atoms with Gasteiger partial charge < -0.3 is 15.8 Å². The number of nitrogens with zero attached hydrogens (tertiary/aromatic N) is 1. The lowest BCUT2D eigenvalue weighted by Crippen LogP contribution is -2.48. The molecular formula is C11H17N3O. The van der Waals surface area contributed by atoms with Crippen LogP contribution in [-0.4, -0.2) is 24.2 Å². The van der Waals surface area contributed by atoms with Crippen LogP contribution in [0.15, 0.2) is 18.3 Å². The molecule has 4 heteroatoms. The molecule has 0 amide bonds. The van der Waals surface area contributed by atoms with Crippen LogP contribution in [0, 0.1) is 0 Å². The van der Waals surface area contributed by atoms with Gasteiger partial charge in [0.2, 0.25) is 5.88 Å². The van der Waals surface area contributed by atoms with E-state index in [9.17, 15) is 0 Å². The summed E-state index contributed by atoms with van der Waals surface area (Å²) in [6, 6.07) is 4.89. The van der Waals surface area contributed by atoms with Gasteiger partial charge in [-0.05, 0) is 18.4 Å². The van der Waals surface area contributed by atoms with E-state index in [-0.39, 0.29) is 0 Å². The monoisotopic (exact) mass is 207 g/mol. The number of ether oxygens (including phenoxy) is 1. The molecular weight excluding hydrogens is 190 g/mol. The topological polar surface area (TPSA) is 60.2 Å². The summed E-state index contributed by atoms with van der Waals surface area (Å²) in [5.74, 6) is 0.657. The molecule has 1 fully saturated rings. The van der Waals surface area contributed by atoms with Gasteiger partial charge in [0.05, 0.1) is 7.11 Å². The highest BCUT2D eigenvalue weighted by molar-refractivity contribution is 5.17. The Hall–Kier alpha value is -1.13. The highest BCUT2D eigenvalue weighted by Crippen LogP contribution is 2.17. The van der Waals surface area contributed by atoms with Crippen LogP contribution in [0.3, 0.4) is 0 Å². The highest BCUT2D eigenvalue weighted by Gasteiger charge is 2.24. The van der Waals surface area contributed by atoms with E-state index in [0.717, 1.165) is 19.4 Å². The Bertz CT molecular complexity index is 306. The van der Waals surface area contributed by atoms with Crippen LogP contribution in [0.1, 0.15) is 18.4 Å². The molecule has 0 aromatic carbocycles. The second kappa shape index (κ2) is 4.59. The third-order valence-corrected chi connectivity index (χ3v) is 2.78. The number of aromatic nitrogens is 1. The lowest BCUT2D eigenvalue weighted by Gasteiger charge is -2.33. The fourth-order valence-corrected chi connectivity index (χ4v) is 1.73. The lowest BCUT2D eigenvalue weighted by molar-refractivity contribution is 0.290. The molecule has 0 radical (unpaired) electrons. The van der Waals surface area contributed by atoms with E-state index < -0.39 is 0 Å². The first-order chi connectivity index (χ1) is 7.28. The number of hydrogen-bond acceptors (Lipinski definition) is 4. The number of hydrogen-bond donors (Lipinski definition) is 2. The zero-order valence-electron chi connectivity index (χ0n) is 8.94. The van der Waals surface area contributed by atoms with Gasteiger partial charge in [-0.1, -0.05) is 6.07 Å². The van der Waals surface area contributed by atoms with Crippen molar-refractivity contribution >= 4 is 0 Å². The van der Waals surface area contributed by atoms with Gasteiger partial charge in [0.25, 0.3) is 0 Å². The molecule has 0 atom stereocenters. The number of nitrogens with two attached hydrogens (primary N) is 1. The third-order valence-electron chi connectivity index (χ3n) is 2.78. The van der Waals surface area contributed by atoms with Gasteiger partial charge in [0.1, 0.15) is 0 Å². The smallest absolute Gasteiger partial charge is 0.212 e. The van der Waals surface area contributed by atoms with E-state index in [1.54, 1.807) is 7.11 Å². The van der Waals surface area contributed by atoms with Crippen LogP contribution in [0.25, 0.3) is 0 Å². The largest absolute Gasteiger partial charge is 0.481 e. The Morgan fingerprint density at radius 2 is 2.33 bits per heavy atom. The molecule has 1 aromatic heterocycles. The summed E-state index contributed by atoms with van der Waals surface area (Å²) in [5.41, 5.74) is 6.88. The van der Waals surface area contributed by atoms with Crippen molar-refractivity contribution in [2.75, 3.05) is 7.11 Å². The molecule has 0 bridgehead atoms. The molecule has 1 aliphatic rings. The Balaban J connectivity index is 1.78. The molecule has 82 valence electrons. The third kappa shape index (κ3) is 2.67. The normalized spacial score (nSPS) is 24.7. The van der Waals surface area contributed by atoms with Crippen molar-refractivity contribution in [1.29, 1.82) is 0 Å². The van der Waals surface area contributed by atoms with Crippen molar-refractivity contribution in [3.63, 3.8) is 0 Å². The molecule has 4 nitrogen and oxygen atoms in total. The maximum atomic E-state index is 5.71. The van der Waals surface area contributed by atoms with E-state index in [0.29, 0.717) is 18.0 Å². The van der Waals surface area contributed by atoms with E-state index in [2.05, 4.69) is 10.3 Å². The maximum Gasteiger partial charge on any atom is 0.212 e. The van der Waals surface area contributed by atoms with Gasteiger partial charge in [-0.25, -0.2) is 4.98 Å². The molecule has 15 heavy (non-hydrogen) atoms. The van der Waals surface area contributed by atoms with E-state index in [4.69, 9.17) is 10.5 Å². The summed E-state index contributed by atoms with van der Waals surface area (Å²) < 4.78 is 4.99. The summed E-state index contributed by atoms with van der Waals surface area (Å²) in [5, 5.41) is 3.44. The predicted molar refractivity (Wildman–Crippen MR) is 58.6 cm³/mol. The minimum absolute atomic E-state index is 0.400. The second-order valence-corrected chi connectivity index (χ2v) is 4.02. The molecule has 0 aliphatic heterocycles. The van der Waals surface area contributed by atoms with Crippen LogP contribution >= 0.6 is 0 Å². The zero-order chi connectivity index (χ0) is 10.7. The first kappa shape index (κ1) is 10.4. The fraction of sp³-hybridized carbons (Fsp3) is 0.545. The van der Waals surface area contributed by atoms with Crippen LogP contribution in [0.5, 0.6) is 5.88 Å². The number of rotatable bonds is 4. The fourth-order valence-electron chi connectivity index (χ4n) is 1.73. The Morgan fingerprint density at radius 3 is 2.87 bits per heavy atom. The minimum atomic E-state index is 0.400. The molecule has 1 aromatic rings. The molecule has 0 spiro atoms. The van der Waals surface area contributed by atoms with Gasteiger partial charge in [-0.15, -0.1) is 0 Å². The maximum absolute atomic E-state index is 5.71. The summed E-state index contributed by atoms with van der Waals surface area (Å²) >= 11 is 0. The van der Waals surface area contributed by atoms with Crippen LogP contribution in [0.4, 0.5) is 0 Å². The van der Waals surface area contributed by atoms with Crippen molar-refractivity contribution in [2.45, 2.75) is 31.5 Å². The van der Waals surface area contributed by atoms with Crippen LogP contribution in [0.2, 0.25) is 0 Å². The van der Waals surface area contributed by atoms with Crippen molar-refractivity contribution in [2.24, 2.45) is 5.73 Å². The summed E-state index contributed by atoms with van der Waals surface area (Å²) in [7, 11) is 1.62. The number of methoxy groups -OCH3 is 1. The van der Waals surface area contributed by atoms with Gasteiger partial charge in [0, 0.05) is 30.9 Å². The Kier molecular flexibility index (Phi) is 3.18. The van der Waals surface area contributed by atoms with E-state index in [1.165, 1.54) is 5.56 Å². The van der Waals surface area contributed by atoms with Crippen molar-refractivity contribution in [1.82, 2.24) is 10.3 Å². The molecule has 0 saturated heterocycles. The molecule has 0 unspecified atom stereocenters. The Morgan fingerprint density at radius 1 is 1.53 bits per heavy atom. The molecule has 3 N–H and O–H groups in total. The summed E-state index contributed by atoms with van der Waals surface area (Å²) in [6.07, 6.45) is 4.01. The van der Waals surface area contributed by atoms with Gasteiger partial charge in [0.15, 0.2) is 0 Å². The van der Waals surface area contributed by atoms with Crippen molar-refractivity contribution < 1.29 is 4.74 Å². The van der Waals surface area contributed by atoms with Crippen LogP contribution < -0.4 is 15.8 Å². The Labute approximate surface area is 89.8 Å². The highest BCUT2D eigenvalue weighted by atomic mass is 16.5. The summed E-state index contributed by atoms with van der Waals surface area (Å²) in [4.78, 5) is 4.15. The first-order valence-corrected chi connectivity index (χ1v) is 5.26. The number of pyridine rings is 1. The first-order valence-electron chi connectivity index (χ1n) is 5.26. The van der Waals surface area contributed by atoms with Crippen molar-refractivity contribution in [3.05, 3.63) is 23.9 Å². The van der Waals surface area contributed by atoms with Gasteiger partial charge >= 0.3 is 0 Å². The molecule has 1 saturated carbocycles. The summed E-state index contributed by atoms with van der Waals surface area (Å²) in [6.45, 7) is 0.856. The van der Waals surface area contributed by atoms with Crippen LogP contribution in [-0.2, 0) is 6.54 Å².